The number of benzene rings is 1. The molecular formula is C14H16ClNO. The van der Waals surface area contributed by atoms with E-state index in [1.54, 1.807) is 6.26 Å². The molecule has 1 unspecified atom stereocenters. The fourth-order valence-electron chi connectivity index (χ4n) is 1.77. The molecule has 0 saturated heterocycles. The van der Waals surface area contributed by atoms with Crippen LogP contribution in [0.4, 0.5) is 0 Å². The summed E-state index contributed by atoms with van der Waals surface area (Å²) in [6.45, 7) is 4.85. The standard InChI is InChI=1S/C14H16ClNO/c1-10-7-8-17-14(10)9-16-11(2)12-5-3-4-6-13(12)15/h3-8,11,16H,9H2,1-2H3. The first-order valence-electron chi connectivity index (χ1n) is 5.69. The highest BCUT2D eigenvalue weighted by molar-refractivity contribution is 6.31. The molecule has 90 valence electrons. The number of furan rings is 1. The van der Waals surface area contributed by atoms with E-state index in [4.69, 9.17) is 16.0 Å². The van der Waals surface area contributed by atoms with Gasteiger partial charge < -0.3 is 9.73 Å². The van der Waals surface area contributed by atoms with Crippen LogP contribution in [-0.4, -0.2) is 0 Å². The van der Waals surface area contributed by atoms with Gasteiger partial charge in [0.05, 0.1) is 12.8 Å². The molecule has 0 bridgehead atoms. The molecule has 1 aromatic carbocycles. The number of aryl methyl sites for hydroxylation is 1. The van der Waals surface area contributed by atoms with E-state index in [0.717, 1.165) is 16.3 Å². The van der Waals surface area contributed by atoms with Crippen LogP contribution in [0.3, 0.4) is 0 Å². The van der Waals surface area contributed by atoms with E-state index in [0.29, 0.717) is 6.54 Å². The molecule has 3 heteroatoms. The Morgan fingerprint density at radius 3 is 2.71 bits per heavy atom. The van der Waals surface area contributed by atoms with Crippen LogP contribution < -0.4 is 5.32 Å². The SMILES string of the molecule is Cc1ccoc1CNC(C)c1ccccc1Cl. The maximum Gasteiger partial charge on any atom is 0.120 e. The van der Waals surface area contributed by atoms with Crippen molar-refractivity contribution < 1.29 is 4.42 Å². The Hall–Kier alpha value is -1.25. The minimum Gasteiger partial charge on any atom is -0.468 e. The predicted molar refractivity (Wildman–Crippen MR) is 70.2 cm³/mol. The van der Waals surface area contributed by atoms with Gasteiger partial charge in [-0.2, -0.15) is 0 Å². The van der Waals surface area contributed by atoms with Crippen LogP contribution in [0, 0.1) is 6.92 Å². The van der Waals surface area contributed by atoms with Crippen molar-refractivity contribution in [2.24, 2.45) is 0 Å². The zero-order valence-electron chi connectivity index (χ0n) is 10.0. The van der Waals surface area contributed by atoms with Crippen LogP contribution in [0.2, 0.25) is 5.02 Å². The van der Waals surface area contributed by atoms with Gasteiger partial charge in [-0.15, -0.1) is 0 Å². The Kier molecular flexibility index (Phi) is 3.87. The fourth-order valence-corrected chi connectivity index (χ4v) is 2.07. The predicted octanol–water partition coefficient (Wildman–Crippen LogP) is 4.09. The average molecular weight is 250 g/mol. The largest absolute Gasteiger partial charge is 0.468 e. The Bertz CT molecular complexity index is 492. The highest BCUT2D eigenvalue weighted by Gasteiger charge is 2.09. The summed E-state index contributed by atoms with van der Waals surface area (Å²) in [5.74, 6) is 0.976. The molecule has 1 heterocycles. The van der Waals surface area contributed by atoms with E-state index in [9.17, 15) is 0 Å². The lowest BCUT2D eigenvalue weighted by Gasteiger charge is -2.15. The third-order valence-corrected chi connectivity index (χ3v) is 3.25. The van der Waals surface area contributed by atoms with Crippen LogP contribution in [0.1, 0.15) is 29.9 Å². The second-order valence-corrected chi connectivity index (χ2v) is 4.56. The number of nitrogens with one attached hydrogen (secondary N) is 1. The van der Waals surface area contributed by atoms with Gasteiger partial charge in [-0.3, -0.25) is 0 Å². The van der Waals surface area contributed by atoms with Crippen molar-refractivity contribution in [3.8, 4) is 0 Å². The summed E-state index contributed by atoms with van der Waals surface area (Å²) in [6, 6.07) is 10.1. The van der Waals surface area contributed by atoms with Gasteiger partial charge in [0.2, 0.25) is 0 Å². The van der Waals surface area contributed by atoms with Crippen molar-refractivity contribution in [2.45, 2.75) is 26.4 Å². The highest BCUT2D eigenvalue weighted by atomic mass is 35.5. The van der Waals surface area contributed by atoms with E-state index in [1.807, 2.05) is 37.3 Å². The van der Waals surface area contributed by atoms with Crippen LogP contribution in [-0.2, 0) is 6.54 Å². The molecule has 17 heavy (non-hydrogen) atoms. The van der Waals surface area contributed by atoms with E-state index >= 15 is 0 Å². The quantitative estimate of drug-likeness (QED) is 0.883. The molecule has 0 amide bonds. The van der Waals surface area contributed by atoms with Crippen LogP contribution >= 0.6 is 11.6 Å². The second-order valence-electron chi connectivity index (χ2n) is 4.15. The summed E-state index contributed by atoms with van der Waals surface area (Å²) in [7, 11) is 0. The van der Waals surface area contributed by atoms with Crippen molar-refractivity contribution in [1.82, 2.24) is 5.32 Å². The summed E-state index contributed by atoms with van der Waals surface area (Å²) in [5, 5.41) is 4.20. The first kappa shape index (κ1) is 12.2. The number of halogens is 1. The second kappa shape index (κ2) is 5.39. The average Bonchev–Trinajstić information content (AvgIpc) is 2.72. The molecule has 0 aliphatic carbocycles. The van der Waals surface area contributed by atoms with Gasteiger partial charge in [0.1, 0.15) is 5.76 Å². The van der Waals surface area contributed by atoms with Gasteiger partial charge in [0.25, 0.3) is 0 Å². The summed E-state index contributed by atoms with van der Waals surface area (Å²) in [4.78, 5) is 0. The van der Waals surface area contributed by atoms with Gasteiger partial charge in [-0.1, -0.05) is 29.8 Å². The third kappa shape index (κ3) is 2.90. The monoisotopic (exact) mass is 249 g/mol. The lowest BCUT2D eigenvalue weighted by atomic mass is 10.1. The summed E-state index contributed by atoms with van der Waals surface area (Å²) in [6.07, 6.45) is 1.71. The first-order chi connectivity index (χ1) is 8.18. The van der Waals surface area contributed by atoms with Gasteiger partial charge in [0.15, 0.2) is 0 Å². The summed E-state index contributed by atoms with van der Waals surface area (Å²) in [5.41, 5.74) is 2.28. The molecule has 2 aromatic rings. The smallest absolute Gasteiger partial charge is 0.120 e. The molecule has 0 aliphatic rings. The Morgan fingerprint density at radius 1 is 1.29 bits per heavy atom. The molecule has 2 rings (SSSR count). The van der Waals surface area contributed by atoms with E-state index in [-0.39, 0.29) is 6.04 Å². The first-order valence-corrected chi connectivity index (χ1v) is 6.07. The molecule has 0 fully saturated rings. The summed E-state index contributed by atoms with van der Waals surface area (Å²) < 4.78 is 5.39. The molecule has 0 aliphatic heterocycles. The number of hydrogen-bond donors (Lipinski definition) is 1. The minimum atomic E-state index is 0.202. The number of hydrogen-bond acceptors (Lipinski definition) is 2. The summed E-state index contributed by atoms with van der Waals surface area (Å²) >= 11 is 6.15. The van der Waals surface area contributed by atoms with E-state index in [1.165, 1.54) is 5.56 Å². The molecule has 1 aromatic heterocycles. The maximum atomic E-state index is 6.15. The third-order valence-electron chi connectivity index (χ3n) is 2.91. The van der Waals surface area contributed by atoms with Crippen LogP contribution in [0.15, 0.2) is 41.0 Å². The maximum absolute atomic E-state index is 6.15. The van der Waals surface area contributed by atoms with Crippen molar-refractivity contribution in [3.05, 3.63) is 58.5 Å². The van der Waals surface area contributed by atoms with E-state index < -0.39 is 0 Å². The van der Waals surface area contributed by atoms with Gasteiger partial charge in [-0.25, -0.2) is 0 Å². The zero-order chi connectivity index (χ0) is 12.3. The van der Waals surface area contributed by atoms with Crippen molar-refractivity contribution in [2.75, 3.05) is 0 Å². The molecule has 1 N–H and O–H groups in total. The van der Waals surface area contributed by atoms with Crippen molar-refractivity contribution >= 4 is 11.6 Å². The van der Waals surface area contributed by atoms with Crippen LogP contribution in [0.5, 0.6) is 0 Å². The lowest BCUT2D eigenvalue weighted by molar-refractivity contribution is 0.458. The fraction of sp³-hybridized carbons (Fsp3) is 0.286. The van der Waals surface area contributed by atoms with Crippen molar-refractivity contribution in [3.63, 3.8) is 0 Å². The van der Waals surface area contributed by atoms with Gasteiger partial charge >= 0.3 is 0 Å². The van der Waals surface area contributed by atoms with Crippen molar-refractivity contribution in [1.29, 1.82) is 0 Å². The Morgan fingerprint density at radius 2 is 2.06 bits per heavy atom. The Labute approximate surface area is 107 Å². The molecule has 0 spiro atoms. The Balaban J connectivity index is 2.01. The topological polar surface area (TPSA) is 25.2 Å². The van der Waals surface area contributed by atoms with Gasteiger partial charge in [-0.05, 0) is 37.1 Å². The van der Waals surface area contributed by atoms with Crippen LogP contribution in [0.25, 0.3) is 0 Å². The molecular weight excluding hydrogens is 234 g/mol. The van der Waals surface area contributed by atoms with E-state index in [2.05, 4.69) is 12.2 Å². The number of rotatable bonds is 4. The minimum absolute atomic E-state index is 0.202. The molecule has 1 atom stereocenters. The zero-order valence-corrected chi connectivity index (χ0v) is 10.8. The normalized spacial score (nSPS) is 12.6. The molecule has 0 radical (unpaired) electrons. The lowest BCUT2D eigenvalue weighted by Crippen LogP contribution is -2.18. The molecule has 0 saturated carbocycles. The molecule has 2 nitrogen and oxygen atoms in total. The highest BCUT2D eigenvalue weighted by Crippen LogP contribution is 2.22. The van der Waals surface area contributed by atoms with Gasteiger partial charge in [0, 0.05) is 11.1 Å².